The highest BCUT2D eigenvalue weighted by atomic mass is 16.6. The molecule has 0 bridgehead atoms. The number of hydrogen-bond acceptors (Lipinski definition) is 6. The number of nitrogens with zero attached hydrogens (tertiary/aromatic N) is 2. The number of hydrogen-bond donors (Lipinski definition) is 3. The van der Waals surface area contributed by atoms with Gasteiger partial charge in [-0.1, -0.05) is 6.92 Å². The van der Waals surface area contributed by atoms with Gasteiger partial charge in [0.1, 0.15) is 17.6 Å². The van der Waals surface area contributed by atoms with E-state index >= 15 is 0 Å². The molecule has 1 aromatic heterocycles. The number of carbonyl (C=O) groups is 1. The molecule has 8 heteroatoms. The largest absolute Gasteiger partial charge is 0.477 e. The van der Waals surface area contributed by atoms with Crippen LogP contribution in [-0.4, -0.2) is 39.2 Å². The molecule has 1 atom stereocenters. The van der Waals surface area contributed by atoms with E-state index in [1.165, 1.54) is 0 Å². The number of aliphatic hydroxyl groups excluding tert-OH is 1. The first kappa shape index (κ1) is 13.8. The number of aliphatic hydroxyl groups is 1. The number of aromatic carboxylic acids is 1. The van der Waals surface area contributed by atoms with Crippen LogP contribution in [0.5, 0.6) is 0 Å². The first-order valence-electron chi connectivity index (χ1n) is 5.18. The molecule has 0 saturated heterocycles. The summed E-state index contributed by atoms with van der Waals surface area (Å²) in [7, 11) is 0. The predicted octanol–water partition coefficient (Wildman–Crippen LogP) is 0.728. The Morgan fingerprint density at radius 2 is 2.33 bits per heavy atom. The summed E-state index contributed by atoms with van der Waals surface area (Å²) in [5.74, 6) is -1.20. The number of anilines is 1. The number of nitro groups is 1. The maximum atomic E-state index is 10.9. The minimum atomic E-state index is -1.39. The maximum absolute atomic E-state index is 10.9. The third kappa shape index (κ3) is 3.39. The zero-order valence-electron chi connectivity index (χ0n) is 9.66. The van der Waals surface area contributed by atoms with Gasteiger partial charge in [0.15, 0.2) is 0 Å². The molecule has 0 amide bonds. The number of carboxylic acid groups (broad SMARTS) is 1. The molecule has 98 valence electrons. The first-order valence-corrected chi connectivity index (χ1v) is 5.18. The lowest BCUT2D eigenvalue weighted by Crippen LogP contribution is -2.15. The number of rotatable bonds is 6. The fourth-order valence-corrected chi connectivity index (χ4v) is 1.20. The van der Waals surface area contributed by atoms with Crippen molar-refractivity contribution >= 4 is 17.5 Å². The van der Waals surface area contributed by atoms with Crippen LogP contribution in [0.25, 0.3) is 0 Å². The van der Waals surface area contributed by atoms with Gasteiger partial charge < -0.3 is 15.5 Å². The zero-order chi connectivity index (χ0) is 13.7. The van der Waals surface area contributed by atoms with E-state index in [1.54, 1.807) is 6.92 Å². The van der Waals surface area contributed by atoms with Crippen molar-refractivity contribution in [2.45, 2.75) is 6.92 Å². The van der Waals surface area contributed by atoms with Crippen LogP contribution in [0.2, 0.25) is 0 Å². The van der Waals surface area contributed by atoms with Crippen molar-refractivity contribution in [3.63, 3.8) is 0 Å². The highest BCUT2D eigenvalue weighted by Gasteiger charge is 2.21. The summed E-state index contributed by atoms with van der Waals surface area (Å²) in [5.41, 5.74) is -0.975. The number of nitrogens with one attached hydrogen (secondary N) is 1. The summed E-state index contributed by atoms with van der Waals surface area (Å²) in [6.45, 7) is 2.16. The van der Waals surface area contributed by atoms with Crippen LogP contribution in [0.4, 0.5) is 11.5 Å². The Morgan fingerprint density at radius 1 is 1.67 bits per heavy atom. The number of aromatic nitrogens is 1. The van der Waals surface area contributed by atoms with Gasteiger partial charge >= 0.3 is 11.7 Å². The van der Waals surface area contributed by atoms with Crippen LogP contribution in [0, 0.1) is 16.0 Å². The van der Waals surface area contributed by atoms with Crippen molar-refractivity contribution in [1.82, 2.24) is 4.98 Å². The Bertz CT molecular complexity index is 463. The average Bonchev–Trinajstić information content (AvgIpc) is 2.35. The van der Waals surface area contributed by atoms with Crippen LogP contribution < -0.4 is 5.32 Å². The molecule has 1 aromatic rings. The fraction of sp³-hybridized carbons (Fsp3) is 0.400. The molecule has 0 fully saturated rings. The van der Waals surface area contributed by atoms with E-state index in [1.807, 2.05) is 0 Å². The molecule has 0 aliphatic heterocycles. The summed E-state index contributed by atoms with van der Waals surface area (Å²) < 4.78 is 0. The quantitative estimate of drug-likeness (QED) is 0.505. The van der Waals surface area contributed by atoms with Crippen LogP contribution in [0.3, 0.4) is 0 Å². The lowest BCUT2D eigenvalue weighted by molar-refractivity contribution is -0.385. The van der Waals surface area contributed by atoms with Crippen LogP contribution >= 0.6 is 0 Å². The lowest BCUT2D eigenvalue weighted by atomic mass is 10.2. The Hall–Kier alpha value is -2.22. The van der Waals surface area contributed by atoms with Gasteiger partial charge in [-0.15, -0.1) is 0 Å². The van der Waals surface area contributed by atoms with Crippen molar-refractivity contribution in [3.05, 3.63) is 27.9 Å². The second-order valence-corrected chi connectivity index (χ2v) is 3.82. The summed E-state index contributed by atoms with van der Waals surface area (Å²) >= 11 is 0. The van der Waals surface area contributed by atoms with Crippen LogP contribution in [0.15, 0.2) is 12.3 Å². The summed E-state index contributed by atoms with van der Waals surface area (Å²) in [6.07, 6.45) is 0.898. The molecule has 18 heavy (non-hydrogen) atoms. The molecule has 1 rings (SSSR count). The molecule has 0 aromatic carbocycles. The van der Waals surface area contributed by atoms with Gasteiger partial charge in [0.05, 0.1) is 4.92 Å². The smallest absolute Gasteiger partial charge is 0.342 e. The van der Waals surface area contributed by atoms with Gasteiger partial charge in [0.25, 0.3) is 0 Å². The molecule has 8 nitrogen and oxygen atoms in total. The van der Waals surface area contributed by atoms with E-state index in [2.05, 4.69) is 10.3 Å². The molecule has 0 aliphatic carbocycles. The molecular formula is C10H13N3O5. The van der Waals surface area contributed by atoms with E-state index in [9.17, 15) is 14.9 Å². The Kier molecular flexibility index (Phi) is 4.55. The normalized spacial score (nSPS) is 11.9. The topological polar surface area (TPSA) is 126 Å². The fourth-order valence-electron chi connectivity index (χ4n) is 1.20. The van der Waals surface area contributed by atoms with E-state index in [0.29, 0.717) is 6.54 Å². The van der Waals surface area contributed by atoms with Gasteiger partial charge in [0.2, 0.25) is 0 Å². The van der Waals surface area contributed by atoms with Gasteiger partial charge in [-0.25, -0.2) is 9.78 Å². The second kappa shape index (κ2) is 5.92. The molecule has 3 N–H and O–H groups in total. The van der Waals surface area contributed by atoms with Crippen LogP contribution in [0.1, 0.15) is 17.3 Å². The van der Waals surface area contributed by atoms with Crippen molar-refractivity contribution in [3.8, 4) is 0 Å². The maximum Gasteiger partial charge on any atom is 0.342 e. The molecule has 0 radical (unpaired) electrons. The number of carboxylic acids is 1. The Balaban J connectivity index is 2.93. The SMILES string of the molecule is CC(CO)CNc1cc(C(=O)O)c([N+](=O)[O-])cn1. The minimum absolute atomic E-state index is 0.0221. The van der Waals surface area contributed by atoms with Gasteiger partial charge in [0, 0.05) is 19.2 Å². The first-order chi connectivity index (χ1) is 8.45. The van der Waals surface area contributed by atoms with E-state index in [-0.39, 0.29) is 18.3 Å². The summed E-state index contributed by atoms with van der Waals surface area (Å²) in [4.78, 5) is 24.4. The van der Waals surface area contributed by atoms with Crippen molar-refractivity contribution < 1.29 is 19.9 Å². The Labute approximate surface area is 102 Å². The predicted molar refractivity (Wildman–Crippen MR) is 62.6 cm³/mol. The van der Waals surface area contributed by atoms with Gasteiger partial charge in [-0.05, 0) is 5.92 Å². The third-order valence-corrected chi connectivity index (χ3v) is 2.25. The number of pyridine rings is 1. The van der Waals surface area contributed by atoms with Gasteiger partial charge in [-0.3, -0.25) is 10.1 Å². The van der Waals surface area contributed by atoms with Crippen molar-refractivity contribution in [2.75, 3.05) is 18.5 Å². The highest BCUT2D eigenvalue weighted by molar-refractivity contribution is 5.93. The minimum Gasteiger partial charge on any atom is -0.477 e. The molecule has 0 aliphatic rings. The third-order valence-electron chi connectivity index (χ3n) is 2.25. The standard InChI is InChI=1S/C10H13N3O5/c1-6(5-14)3-11-9-2-7(10(15)16)8(4-12-9)13(17)18/h2,4,6,14H,3,5H2,1H3,(H,11,12)(H,15,16). The van der Waals surface area contributed by atoms with E-state index in [4.69, 9.17) is 10.2 Å². The summed E-state index contributed by atoms with van der Waals surface area (Å²) in [5, 5.41) is 31.1. The van der Waals surface area contributed by atoms with Gasteiger partial charge in [-0.2, -0.15) is 0 Å². The van der Waals surface area contributed by atoms with E-state index < -0.39 is 22.1 Å². The molecule has 0 spiro atoms. The lowest BCUT2D eigenvalue weighted by Gasteiger charge is -2.10. The molecular weight excluding hydrogens is 242 g/mol. The van der Waals surface area contributed by atoms with Crippen LogP contribution in [-0.2, 0) is 0 Å². The van der Waals surface area contributed by atoms with Crippen molar-refractivity contribution in [2.24, 2.45) is 5.92 Å². The van der Waals surface area contributed by atoms with E-state index in [0.717, 1.165) is 12.3 Å². The van der Waals surface area contributed by atoms with Crippen molar-refractivity contribution in [1.29, 1.82) is 0 Å². The monoisotopic (exact) mass is 255 g/mol. The zero-order valence-corrected chi connectivity index (χ0v) is 9.66. The average molecular weight is 255 g/mol. The molecule has 1 unspecified atom stereocenters. The molecule has 0 saturated carbocycles. The molecule has 1 heterocycles. The Morgan fingerprint density at radius 3 is 2.83 bits per heavy atom. The second-order valence-electron chi connectivity index (χ2n) is 3.82. The summed E-state index contributed by atoms with van der Waals surface area (Å²) in [6, 6.07) is 1.10. The highest BCUT2D eigenvalue weighted by Crippen LogP contribution is 2.20.